The van der Waals surface area contributed by atoms with Gasteiger partial charge in [-0.25, -0.2) is 9.18 Å². The Kier molecular flexibility index (Phi) is 12.1. The smallest absolute Gasteiger partial charge is 0.382 e. The Morgan fingerprint density at radius 1 is 0.977 bits per heavy atom. The molecule has 1 aliphatic rings. The van der Waals surface area contributed by atoms with Crippen LogP contribution in [0.1, 0.15) is 34.6 Å². The highest BCUT2D eigenvalue weighted by molar-refractivity contribution is 5.80. The average molecular weight is 631 g/mol. The summed E-state index contributed by atoms with van der Waals surface area (Å²) in [6.45, 7) is 4.06. The topological polar surface area (TPSA) is 222 Å². The quantitative estimate of drug-likeness (QED) is 0.143. The van der Waals surface area contributed by atoms with Crippen LogP contribution in [0.2, 0.25) is 0 Å². The van der Waals surface area contributed by atoms with E-state index in [9.17, 15) is 38.9 Å². The van der Waals surface area contributed by atoms with Gasteiger partial charge in [0, 0.05) is 46.8 Å². The van der Waals surface area contributed by atoms with E-state index in [1.807, 2.05) is 0 Å². The number of hydrogen-bond acceptors (Lipinski definition) is 15. The maximum absolute atomic E-state index is 16.6. The molecule has 0 aliphatic carbocycles. The minimum absolute atomic E-state index is 0.373. The molecule has 1 aliphatic heterocycles. The predicted octanol–water partition coefficient (Wildman–Crippen LogP) is 0.443. The number of carbonyl (C=O) groups excluding carboxylic acids is 6. The van der Waals surface area contributed by atoms with E-state index in [-0.39, 0.29) is 5.75 Å². The van der Waals surface area contributed by atoms with Crippen molar-refractivity contribution in [1.29, 1.82) is 0 Å². The second-order valence-electron chi connectivity index (χ2n) is 9.32. The highest BCUT2D eigenvalue weighted by Gasteiger charge is 2.67. The first-order valence-corrected chi connectivity index (χ1v) is 12.8. The number of nitrogens with one attached hydrogen (secondary N) is 1. The lowest BCUT2D eigenvalue weighted by Gasteiger charge is -2.49. The second kappa shape index (κ2) is 15.0. The summed E-state index contributed by atoms with van der Waals surface area (Å²) in [4.78, 5) is 83.9. The number of benzene rings is 1. The number of alkyl halides is 1. The third-order valence-corrected chi connectivity index (χ3v) is 5.89. The summed E-state index contributed by atoms with van der Waals surface area (Å²) in [6.07, 6.45) is -10.5. The lowest BCUT2D eigenvalue weighted by molar-refractivity contribution is -0.384. The molecule has 0 unspecified atom stereocenters. The van der Waals surface area contributed by atoms with E-state index < -0.39 is 95.4 Å². The number of nitro groups is 1. The van der Waals surface area contributed by atoms with Crippen molar-refractivity contribution in [3.63, 3.8) is 0 Å². The predicted molar refractivity (Wildman–Crippen MR) is 139 cm³/mol. The number of carbonyl (C=O) groups is 6. The number of non-ortho nitro benzene ring substituents is 1. The van der Waals surface area contributed by atoms with Gasteiger partial charge in [-0.1, -0.05) is 0 Å². The average Bonchev–Trinajstić information content (AvgIpc) is 2.92. The van der Waals surface area contributed by atoms with Crippen LogP contribution in [0.15, 0.2) is 24.3 Å². The van der Waals surface area contributed by atoms with Crippen LogP contribution < -0.4 is 10.1 Å². The van der Waals surface area contributed by atoms with E-state index in [1.165, 1.54) is 0 Å². The zero-order valence-corrected chi connectivity index (χ0v) is 24.4. The van der Waals surface area contributed by atoms with Crippen LogP contribution >= 0.6 is 0 Å². The number of methoxy groups -OCH3 is 1. The fourth-order valence-corrected chi connectivity index (χ4v) is 4.31. The van der Waals surface area contributed by atoms with Crippen LogP contribution in [0.5, 0.6) is 5.75 Å². The summed E-state index contributed by atoms with van der Waals surface area (Å²) < 4.78 is 53.5. The number of esters is 5. The molecule has 2 rings (SSSR count). The molecule has 18 heteroatoms. The van der Waals surface area contributed by atoms with Crippen molar-refractivity contribution < 1.29 is 71.2 Å². The molecule has 0 saturated carbocycles. The minimum atomic E-state index is -3.20. The number of rotatable bonds is 12. The Bertz CT molecular complexity index is 1270. The van der Waals surface area contributed by atoms with E-state index in [2.05, 4.69) is 5.32 Å². The van der Waals surface area contributed by atoms with Gasteiger partial charge in [-0.2, -0.15) is 0 Å². The summed E-state index contributed by atoms with van der Waals surface area (Å²) in [5.41, 5.74) is -0.392. The molecule has 1 amide bonds. The fourth-order valence-electron chi connectivity index (χ4n) is 4.31. The van der Waals surface area contributed by atoms with E-state index in [4.69, 9.17) is 33.2 Å². The van der Waals surface area contributed by atoms with Gasteiger partial charge in [0.1, 0.15) is 18.5 Å². The lowest BCUT2D eigenvalue weighted by atomic mass is 9.86. The zero-order chi connectivity index (χ0) is 33.4. The third kappa shape index (κ3) is 8.82. The Morgan fingerprint density at radius 2 is 1.57 bits per heavy atom. The number of ether oxygens (including phenoxy) is 7. The van der Waals surface area contributed by atoms with Crippen molar-refractivity contribution in [1.82, 2.24) is 5.32 Å². The first-order chi connectivity index (χ1) is 20.5. The van der Waals surface area contributed by atoms with Gasteiger partial charge in [0.25, 0.3) is 5.69 Å². The zero-order valence-electron chi connectivity index (χ0n) is 24.4. The molecule has 0 spiro atoms. The first kappa shape index (κ1) is 35.3. The number of amides is 1. The number of nitrogens with zero attached hydrogens (tertiary/aromatic N) is 1. The van der Waals surface area contributed by atoms with Crippen molar-refractivity contribution in [2.24, 2.45) is 0 Å². The summed E-state index contributed by atoms with van der Waals surface area (Å²) in [7, 11) is 0.834. The maximum atomic E-state index is 16.6. The van der Waals surface area contributed by atoms with Crippen molar-refractivity contribution in [2.45, 2.75) is 77.0 Å². The van der Waals surface area contributed by atoms with Crippen molar-refractivity contribution >= 4 is 41.4 Å². The first-order valence-electron chi connectivity index (χ1n) is 12.8. The van der Waals surface area contributed by atoms with Gasteiger partial charge in [0.15, 0.2) is 18.3 Å². The Hall–Kier alpha value is -4.87. The standard InChI is InChI=1S/C26H31FN2O15/c1-12(30)28-20-22(21(41-15(4)33)19(40-14(3)32)11-39-13(2)31)44-26(25(35)38-6,24(27)23(20)42-16(5)34)43-18-9-7-17(8-10-18)29(36)37/h7-10,19-24H,11H2,1-6H3,(H,28,30)/t19-,20+,21-,22-,23-,24-,26-/m1/s1. The van der Waals surface area contributed by atoms with Gasteiger partial charge >= 0.3 is 35.6 Å². The largest absolute Gasteiger partial charge is 0.464 e. The summed E-state index contributed by atoms with van der Waals surface area (Å²) in [6, 6.07) is 2.16. The molecule has 1 fully saturated rings. The van der Waals surface area contributed by atoms with Crippen LogP contribution in [-0.4, -0.2) is 96.8 Å². The molecule has 44 heavy (non-hydrogen) atoms. The van der Waals surface area contributed by atoms with Gasteiger partial charge in [0.05, 0.1) is 18.1 Å². The van der Waals surface area contributed by atoms with E-state index in [0.717, 1.165) is 66.0 Å². The van der Waals surface area contributed by atoms with Crippen molar-refractivity contribution in [2.75, 3.05) is 13.7 Å². The molecule has 242 valence electrons. The molecule has 0 bridgehead atoms. The second-order valence-corrected chi connectivity index (χ2v) is 9.32. The van der Waals surface area contributed by atoms with Gasteiger partial charge in [-0.15, -0.1) is 0 Å². The van der Waals surface area contributed by atoms with E-state index >= 15 is 4.39 Å². The van der Waals surface area contributed by atoms with Gasteiger partial charge in [-0.05, 0) is 12.1 Å². The van der Waals surface area contributed by atoms with E-state index in [1.54, 1.807) is 0 Å². The monoisotopic (exact) mass is 630 g/mol. The molecule has 1 aromatic carbocycles. The van der Waals surface area contributed by atoms with Crippen LogP contribution in [0, 0.1) is 10.1 Å². The Morgan fingerprint density at radius 3 is 2.02 bits per heavy atom. The number of halogens is 1. The Balaban J connectivity index is 2.85. The highest BCUT2D eigenvalue weighted by Crippen LogP contribution is 2.40. The Labute approximate surface area is 249 Å². The molecule has 17 nitrogen and oxygen atoms in total. The third-order valence-electron chi connectivity index (χ3n) is 5.89. The molecule has 1 N–H and O–H groups in total. The molecular formula is C26H31FN2O15. The maximum Gasteiger partial charge on any atom is 0.382 e. The van der Waals surface area contributed by atoms with E-state index in [0.29, 0.717) is 0 Å². The van der Waals surface area contributed by atoms with Gasteiger partial charge < -0.3 is 38.5 Å². The van der Waals surface area contributed by atoms with Crippen molar-refractivity contribution in [3.05, 3.63) is 34.4 Å². The summed E-state index contributed by atoms with van der Waals surface area (Å²) >= 11 is 0. The van der Waals surface area contributed by atoms with Crippen LogP contribution in [0.25, 0.3) is 0 Å². The van der Waals surface area contributed by atoms with Gasteiger partial charge in [-0.3, -0.25) is 34.1 Å². The molecule has 0 aromatic heterocycles. The molecule has 1 aromatic rings. The molecule has 1 heterocycles. The highest BCUT2D eigenvalue weighted by atomic mass is 19.1. The molecular weight excluding hydrogens is 599 g/mol. The van der Waals surface area contributed by atoms with Gasteiger partial charge in [0.2, 0.25) is 12.1 Å². The summed E-state index contributed by atoms with van der Waals surface area (Å²) in [5.74, 6) is -9.91. The minimum Gasteiger partial charge on any atom is -0.464 e. The van der Waals surface area contributed by atoms with Crippen molar-refractivity contribution in [3.8, 4) is 5.75 Å². The summed E-state index contributed by atoms with van der Waals surface area (Å²) in [5, 5.41) is 13.4. The number of hydrogen-bond donors (Lipinski definition) is 1. The SMILES string of the molecule is COC(=O)[C@]1(Oc2ccc([N+](=O)[O-])cc2)O[C@@H]([C@H](OC(C)=O)[C@@H](COC(C)=O)OC(C)=O)[C@H](NC(C)=O)[C@@H](OC(C)=O)[C@H]1F. The van der Waals surface area contributed by atoms with Crippen LogP contribution in [0.3, 0.4) is 0 Å². The molecule has 1 saturated heterocycles. The normalized spacial score (nSPS) is 24.0. The molecule has 7 atom stereocenters. The lowest BCUT2D eigenvalue weighted by Crippen LogP contribution is -2.75. The molecule has 0 radical (unpaired) electrons. The fraction of sp³-hybridized carbons (Fsp3) is 0.538. The number of nitro benzene ring substituents is 1. The van der Waals surface area contributed by atoms with Crippen LogP contribution in [0.4, 0.5) is 10.1 Å². The van der Waals surface area contributed by atoms with Crippen LogP contribution in [-0.2, 0) is 57.2 Å².